The number of hydrogen-bond donors (Lipinski definition) is 1. The van der Waals surface area contributed by atoms with Crippen LogP contribution in [0.4, 0.5) is 0 Å². The Labute approximate surface area is 113 Å². The van der Waals surface area contributed by atoms with Crippen LogP contribution in [-0.4, -0.2) is 49.0 Å². The average Bonchev–Trinajstić information content (AvgIpc) is 2.81. The van der Waals surface area contributed by atoms with E-state index in [1.165, 1.54) is 16.9 Å². The molecule has 1 fully saturated rings. The molecule has 0 amide bonds. The predicted octanol–water partition coefficient (Wildman–Crippen LogP) is 1.36. The van der Waals surface area contributed by atoms with Gasteiger partial charge in [-0.3, -0.25) is 4.90 Å². The third-order valence-electron chi connectivity index (χ3n) is 3.66. The van der Waals surface area contributed by atoms with Gasteiger partial charge in [0, 0.05) is 36.3 Å². The lowest BCUT2D eigenvalue weighted by atomic mass is 10.1. The van der Waals surface area contributed by atoms with E-state index >= 15 is 0 Å². The van der Waals surface area contributed by atoms with E-state index in [1.54, 1.807) is 0 Å². The molecule has 0 bridgehead atoms. The van der Waals surface area contributed by atoms with Crippen molar-refractivity contribution < 1.29 is 4.74 Å². The standard InChI is InChI=1S/C14H20N2OS/c15-8-12-9-16(5-6-17-12)10-13-7-11-3-1-2-4-14(11)18-13/h1-4,12-13H,5-10,15H2. The SMILES string of the molecule is NCC1CN(CC2Cc3ccccc3S2)CCO1. The summed E-state index contributed by atoms with van der Waals surface area (Å²) in [6, 6.07) is 8.76. The van der Waals surface area contributed by atoms with E-state index in [0.717, 1.165) is 26.2 Å². The van der Waals surface area contributed by atoms with Gasteiger partial charge in [0.1, 0.15) is 0 Å². The molecule has 2 aliphatic heterocycles. The highest BCUT2D eigenvalue weighted by Crippen LogP contribution is 2.37. The molecular weight excluding hydrogens is 244 g/mol. The topological polar surface area (TPSA) is 38.5 Å². The van der Waals surface area contributed by atoms with Crippen molar-refractivity contribution >= 4 is 11.8 Å². The van der Waals surface area contributed by atoms with Crippen molar-refractivity contribution in [3.8, 4) is 0 Å². The summed E-state index contributed by atoms with van der Waals surface area (Å²) in [5, 5.41) is 0.693. The summed E-state index contributed by atoms with van der Waals surface area (Å²) < 4.78 is 5.61. The molecule has 0 aromatic heterocycles. The van der Waals surface area contributed by atoms with Crippen molar-refractivity contribution in [2.24, 2.45) is 5.73 Å². The van der Waals surface area contributed by atoms with Gasteiger partial charge in [-0.15, -0.1) is 11.8 Å². The lowest BCUT2D eigenvalue weighted by molar-refractivity contribution is -0.0227. The Hall–Kier alpha value is -0.550. The maximum Gasteiger partial charge on any atom is 0.0824 e. The van der Waals surface area contributed by atoms with E-state index in [9.17, 15) is 0 Å². The van der Waals surface area contributed by atoms with Crippen molar-refractivity contribution in [2.45, 2.75) is 22.7 Å². The van der Waals surface area contributed by atoms with Crippen LogP contribution < -0.4 is 5.73 Å². The summed E-state index contributed by atoms with van der Waals surface area (Å²) in [5.74, 6) is 0. The number of nitrogens with two attached hydrogens (primary N) is 1. The van der Waals surface area contributed by atoms with Crippen LogP contribution in [-0.2, 0) is 11.2 Å². The normalized spacial score (nSPS) is 28.3. The van der Waals surface area contributed by atoms with Gasteiger partial charge in [0.05, 0.1) is 12.7 Å². The Bertz CT molecular complexity index is 388. The van der Waals surface area contributed by atoms with Gasteiger partial charge in [-0.2, -0.15) is 0 Å². The van der Waals surface area contributed by atoms with Gasteiger partial charge in [-0.1, -0.05) is 18.2 Å². The highest BCUT2D eigenvalue weighted by molar-refractivity contribution is 8.00. The van der Waals surface area contributed by atoms with Gasteiger partial charge >= 0.3 is 0 Å². The van der Waals surface area contributed by atoms with Crippen LogP contribution in [0.5, 0.6) is 0 Å². The van der Waals surface area contributed by atoms with Gasteiger partial charge < -0.3 is 10.5 Å². The monoisotopic (exact) mass is 264 g/mol. The van der Waals surface area contributed by atoms with Gasteiger partial charge in [-0.05, 0) is 18.1 Å². The molecule has 2 aliphatic rings. The van der Waals surface area contributed by atoms with E-state index in [2.05, 4.69) is 29.2 Å². The Morgan fingerprint density at radius 1 is 1.39 bits per heavy atom. The fourth-order valence-corrected chi connectivity index (χ4v) is 4.10. The largest absolute Gasteiger partial charge is 0.374 e. The van der Waals surface area contributed by atoms with Gasteiger partial charge in [0.2, 0.25) is 0 Å². The number of rotatable bonds is 3. The first-order valence-electron chi connectivity index (χ1n) is 6.64. The molecule has 3 nitrogen and oxygen atoms in total. The molecule has 98 valence electrons. The first kappa shape index (κ1) is 12.5. The summed E-state index contributed by atoms with van der Waals surface area (Å²) in [6.07, 6.45) is 1.43. The van der Waals surface area contributed by atoms with Crippen LogP contribution in [0, 0.1) is 0 Å². The summed E-state index contributed by atoms with van der Waals surface area (Å²) in [6.45, 7) is 4.65. The zero-order valence-corrected chi connectivity index (χ0v) is 11.4. The fourth-order valence-electron chi connectivity index (χ4n) is 2.73. The molecule has 2 N–H and O–H groups in total. The van der Waals surface area contributed by atoms with Crippen molar-refractivity contribution in [1.82, 2.24) is 4.90 Å². The van der Waals surface area contributed by atoms with Gasteiger partial charge in [0.25, 0.3) is 0 Å². The lowest BCUT2D eigenvalue weighted by Crippen LogP contribution is -2.47. The molecule has 1 aromatic rings. The number of ether oxygens (including phenoxy) is 1. The molecule has 2 unspecified atom stereocenters. The highest BCUT2D eigenvalue weighted by Gasteiger charge is 2.26. The van der Waals surface area contributed by atoms with E-state index in [1.807, 2.05) is 11.8 Å². The molecular formula is C14H20N2OS. The number of nitrogens with zero attached hydrogens (tertiary/aromatic N) is 1. The summed E-state index contributed by atoms with van der Waals surface area (Å²) >= 11 is 2.02. The molecule has 2 atom stereocenters. The third kappa shape index (κ3) is 2.72. The highest BCUT2D eigenvalue weighted by atomic mass is 32.2. The zero-order valence-electron chi connectivity index (χ0n) is 10.5. The minimum absolute atomic E-state index is 0.229. The molecule has 0 radical (unpaired) electrons. The third-order valence-corrected chi connectivity index (χ3v) is 4.96. The van der Waals surface area contributed by atoms with Gasteiger partial charge in [-0.25, -0.2) is 0 Å². The molecule has 3 rings (SSSR count). The second-order valence-corrected chi connectivity index (χ2v) is 6.38. The molecule has 1 saturated heterocycles. The fraction of sp³-hybridized carbons (Fsp3) is 0.571. The summed E-state index contributed by atoms with van der Waals surface area (Å²) in [5.41, 5.74) is 7.20. The Morgan fingerprint density at radius 2 is 2.28 bits per heavy atom. The summed E-state index contributed by atoms with van der Waals surface area (Å²) in [4.78, 5) is 3.97. The van der Waals surface area contributed by atoms with E-state index in [0.29, 0.717) is 11.8 Å². The van der Waals surface area contributed by atoms with Crippen LogP contribution in [0.1, 0.15) is 5.56 Å². The second-order valence-electron chi connectivity index (χ2n) is 5.04. The molecule has 4 heteroatoms. The number of thioether (sulfide) groups is 1. The zero-order chi connectivity index (χ0) is 12.4. The van der Waals surface area contributed by atoms with Crippen LogP contribution >= 0.6 is 11.8 Å². The molecule has 18 heavy (non-hydrogen) atoms. The lowest BCUT2D eigenvalue weighted by Gasteiger charge is -2.33. The maximum absolute atomic E-state index is 5.69. The Morgan fingerprint density at radius 3 is 3.11 bits per heavy atom. The van der Waals surface area contributed by atoms with Crippen LogP contribution in [0.3, 0.4) is 0 Å². The minimum Gasteiger partial charge on any atom is -0.374 e. The van der Waals surface area contributed by atoms with E-state index < -0.39 is 0 Å². The smallest absolute Gasteiger partial charge is 0.0824 e. The van der Waals surface area contributed by atoms with E-state index in [4.69, 9.17) is 10.5 Å². The predicted molar refractivity (Wildman–Crippen MR) is 75.0 cm³/mol. The number of morpholine rings is 1. The minimum atomic E-state index is 0.229. The molecule has 0 spiro atoms. The quantitative estimate of drug-likeness (QED) is 0.895. The summed E-state index contributed by atoms with van der Waals surface area (Å²) in [7, 11) is 0. The van der Waals surface area contributed by atoms with Crippen LogP contribution in [0.2, 0.25) is 0 Å². The van der Waals surface area contributed by atoms with E-state index in [-0.39, 0.29) is 6.10 Å². The first-order valence-corrected chi connectivity index (χ1v) is 7.51. The molecule has 0 aliphatic carbocycles. The number of fused-ring (bicyclic) bond motifs is 1. The molecule has 2 heterocycles. The van der Waals surface area contributed by atoms with Crippen molar-refractivity contribution in [2.75, 3.05) is 32.8 Å². The number of hydrogen-bond acceptors (Lipinski definition) is 4. The molecule has 1 aromatic carbocycles. The number of benzene rings is 1. The average molecular weight is 264 g/mol. The van der Waals surface area contributed by atoms with Crippen molar-refractivity contribution in [3.05, 3.63) is 29.8 Å². The second kappa shape index (κ2) is 5.61. The Balaban J connectivity index is 1.56. The van der Waals surface area contributed by atoms with Crippen LogP contribution in [0.15, 0.2) is 29.2 Å². The molecule has 0 saturated carbocycles. The van der Waals surface area contributed by atoms with Crippen molar-refractivity contribution in [1.29, 1.82) is 0 Å². The first-order chi connectivity index (χ1) is 8.85. The Kier molecular flexibility index (Phi) is 3.89. The van der Waals surface area contributed by atoms with Crippen LogP contribution in [0.25, 0.3) is 0 Å². The maximum atomic E-state index is 5.69. The van der Waals surface area contributed by atoms with Crippen molar-refractivity contribution in [3.63, 3.8) is 0 Å². The van der Waals surface area contributed by atoms with Gasteiger partial charge in [0.15, 0.2) is 0 Å².